The molecule has 3 nitrogen and oxygen atoms in total. The van der Waals surface area contributed by atoms with E-state index in [0.29, 0.717) is 5.02 Å². The summed E-state index contributed by atoms with van der Waals surface area (Å²) in [5, 5.41) is 4.02. The van der Waals surface area contributed by atoms with Gasteiger partial charge in [0.2, 0.25) is 0 Å². The first-order chi connectivity index (χ1) is 9.08. The number of unbranched alkanes of at least 4 members (excludes halogenated alkanes) is 1. The minimum atomic E-state index is -0.265. The minimum Gasteiger partial charge on any atom is -0.468 e. The van der Waals surface area contributed by atoms with Gasteiger partial charge in [-0.2, -0.15) is 0 Å². The van der Waals surface area contributed by atoms with Crippen molar-refractivity contribution in [2.75, 3.05) is 7.11 Å². The van der Waals surface area contributed by atoms with Gasteiger partial charge in [0.05, 0.1) is 7.11 Å². The van der Waals surface area contributed by atoms with E-state index in [2.05, 4.69) is 12.2 Å². The number of hydrogen-bond donors (Lipinski definition) is 1. The summed E-state index contributed by atoms with van der Waals surface area (Å²) in [7, 11) is 1.42. The van der Waals surface area contributed by atoms with Gasteiger partial charge >= 0.3 is 5.97 Å². The lowest BCUT2D eigenvalue weighted by Gasteiger charge is -2.21. The van der Waals surface area contributed by atoms with Crippen LogP contribution in [0.3, 0.4) is 0 Å². The van der Waals surface area contributed by atoms with Crippen molar-refractivity contribution in [2.24, 2.45) is 0 Å². The molecule has 2 unspecified atom stereocenters. The summed E-state index contributed by atoms with van der Waals surface area (Å²) in [6.45, 7) is 4.13. The highest BCUT2D eigenvalue weighted by atomic mass is 35.5. The van der Waals surface area contributed by atoms with Crippen LogP contribution in [0.1, 0.15) is 44.7 Å². The van der Waals surface area contributed by atoms with E-state index in [1.54, 1.807) is 0 Å². The van der Waals surface area contributed by atoms with Crippen LogP contribution in [0.4, 0.5) is 0 Å². The van der Waals surface area contributed by atoms with E-state index in [9.17, 15) is 4.79 Å². The zero-order chi connectivity index (χ0) is 14.3. The van der Waals surface area contributed by atoms with Gasteiger partial charge in [0.25, 0.3) is 0 Å². The number of hydrogen-bond acceptors (Lipinski definition) is 3. The zero-order valence-electron chi connectivity index (χ0n) is 11.8. The Kier molecular flexibility index (Phi) is 6.89. The molecule has 4 heteroatoms. The van der Waals surface area contributed by atoms with Crippen LogP contribution in [-0.4, -0.2) is 19.1 Å². The normalized spacial score (nSPS) is 13.9. The minimum absolute atomic E-state index is 0.0552. The average Bonchev–Trinajstić information content (AvgIpc) is 2.42. The molecule has 0 aromatic heterocycles. The Morgan fingerprint density at radius 1 is 1.47 bits per heavy atom. The molecular weight excluding hydrogens is 262 g/mol. The summed E-state index contributed by atoms with van der Waals surface area (Å²) in [6, 6.07) is 7.45. The molecule has 0 heterocycles. The lowest BCUT2D eigenvalue weighted by molar-refractivity contribution is -0.143. The van der Waals surface area contributed by atoms with Gasteiger partial charge < -0.3 is 4.74 Å². The Hall–Kier alpha value is -1.06. The van der Waals surface area contributed by atoms with E-state index in [0.717, 1.165) is 24.8 Å². The summed E-state index contributed by atoms with van der Waals surface area (Å²) in [6.07, 6.45) is 2.84. The molecule has 0 aliphatic carbocycles. The van der Waals surface area contributed by atoms with Gasteiger partial charge in [-0.1, -0.05) is 43.5 Å². The van der Waals surface area contributed by atoms with Gasteiger partial charge in [-0.05, 0) is 31.0 Å². The molecule has 0 fully saturated rings. The lowest BCUT2D eigenvalue weighted by Crippen LogP contribution is -2.39. The summed E-state index contributed by atoms with van der Waals surface area (Å²) < 4.78 is 4.84. The molecule has 19 heavy (non-hydrogen) atoms. The maximum Gasteiger partial charge on any atom is 0.322 e. The molecule has 0 spiro atoms. The van der Waals surface area contributed by atoms with Crippen LogP contribution >= 0.6 is 11.6 Å². The van der Waals surface area contributed by atoms with E-state index in [4.69, 9.17) is 16.3 Å². The quantitative estimate of drug-likeness (QED) is 0.775. The third-order valence-corrected chi connectivity index (χ3v) is 3.37. The van der Waals surface area contributed by atoms with Crippen LogP contribution in [0.5, 0.6) is 0 Å². The number of benzene rings is 1. The first kappa shape index (κ1) is 16.0. The van der Waals surface area contributed by atoms with Crippen LogP contribution in [-0.2, 0) is 9.53 Å². The predicted molar refractivity (Wildman–Crippen MR) is 78.3 cm³/mol. The van der Waals surface area contributed by atoms with Crippen LogP contribution < -0.4 is 5.32 Å². The van der Waals surface area contributed by atoms with E-state index in [-0.39, 0.29) is 18.1 Å². The SMILES string of the molecule is CCCCC(NC(C)c1cccc(Cl)c1)C(=O)OC. The first-order valence-electron chi connectivity index (χ1n) is 6.67. The topological polar surface area (TPSA) is 38.3 Å². The third-order valence-electron chi connectivity index (χ3n) is 3.13. The standard InChI is InChI=1S/C15H22ClNO2/c1-4-5-9-14(15(18)19-3)17-11(2)12-7-6-8-13(16)10-12/h6-8,10-11,14,17H,4-5,9H2,1-3H3. The Labute approximate surface area is 120 Å². The van der Waals surface area contributed by atoms with Gasteiger partial charge in [-0.3, -0.25) is 10.1 Å². The van der Waals surface area contributed by atoms with Gasteiger partial charge in [-0.15, -0.1) is 0 Å². The number of nitrogens with one attached hydrogen (secondary N) is 1. The van der Waals surface area contributed by atoms with Crippen LogP contribution in [0, 0.1) is 0 Å². The van der Waals surface area contributed by atoms with Crippen molar-refractivity contribution in [1.29, 1.82) is 0 Å². The first-order valence-corrected chi connectivity index (χ1v) is 7.05. The van der Waals surface area contributed by atoms with Crippen molar-refractivity contribution in [3.63, 3.8) is 0 Å². The Balaban J connectivity index is 2.69. The summed E-state index contributed by atoms with van der Waals surface area (Å²) in [5.41, 5.74) is 1.07. The molecule has 0 saturated heterocycles. The molecule has 1 aromatic carbocycles. The van der Waals surface area contributed by atoms with E-state index in [1.807, 2.05) is 31.2 Å². The second kappa shape index (κ2) is 8.18. The Bertz CT molecular complexity index is 409. The molecule has 0 bridgehead atoms. The fourth-order valence-electron chi connectivity index (χ4n) is 1.99. The second-order valence-corrected chi connectivity index (χ2v) is 5.10. The molecule has 0 amide bonds. The largest absolute Gasteiger partial charge is 0.468 e. The van der Waals surface area contributed by atoms with Crippen molar-refractivity contribution in [1.82, 2.24) is 5.32 Å². The molecule has 1 rings (SSSR count). The van der Waals surface area contributed by atoms with Gasteiger partial charge in [0.15, 0.2) is 0 Å². The number of ether oxygens (including phenoxy) is 1. The fraction of sp³-hybridized carbons (Fsp3) is 0.533. The van der Waals surface area contributed by atoms with Gasteiger partial charge in [-0.25, -0.2) is 0 Å². The highest BCUT2D eigenvalue weighted by Gasteiger charge is 2.21. The zero-order valence-corrected chi connectivity index (χ0v) is 12.5. The molecule has 1 N–H and O–H groups in total. The number of carbonyl (C=O) groups is 1. The van der Waals surface area contributed by atoms with E-state index in [1.165, 1.54) is 7.11 Å². The van der Waals surface area contributed by atoms with Crippen molar-refractivity contribution >= 4 is 17.6 Å². The molecule has 2 atom stereocenters. The van der Waals surface area contributed by atoms with Gasteiger partial charge in [0, 0.05) is 11.1 Å². The third kappa shape index (κ3) is 5.21. The second-order valence-electron chi connectivity index (χ2n) is 4.66. The number of rotatable bonds is 7. The lowest BCUT2D eigenvalue weighted by atomic mass is 10.0. The Morgan fingerprint density at radius 3 is 2.79 bits per heavy atom. The van der Waals surface area contributed by atoms with E-state index >= 15 is 0 Å². The molecular formula is C15H22ClNO2. The summed E-state index contributed by atoms with van der Waals surface area (Å²) in [4.78, 5) is 11.7. The van der Waals surface area contributed by atoms with Crippen LogP contribution in [0.25, 0.3) is 0 Å². The summed E-state index contributed by atoms with van der Waals surface area (Å²) in [5.74, 6) is -0.206. The van der Waals surface area contributed by atoms with Crippen molar-refractivity contribution < 1.29 is 9.53 Å². The number of carbonyl (C=O) groups excluding carboxylic acids is 1. The summed E-state index contributed by atoms with van der Waals surface area (Å²) >= 11 is 5.98. The predicted octanol–water partition coefficient (Wildman–Crippen LogP) is 3.72. The number of methoxy groups -OCH3 is 1. The fourth-order valence-corrected chi connectivity index (χ4v) is 2.19. The smallest absolute Gasteiger partial charge is 0.322 e. The van der Waals surface area contributed by atoms with Gasteiger partial charge in [0.1, 0.15) is 6.04 Å². The molecule has 106 valence electrons. The van der Waals surface area contributed by atoms with Crippen LogP contribution in [0.15, 0.2) is 24.3 Å². The molecule has 1 aromatic rings. The monoisotopic (exact) mass is 283 g/mol. The maximum absolute atomic E-state index is 11.7. The van der Waals surface area contributed by atoms with Crippen molar-refractivity contribution in [3.05, 3.63) is 34.9 Å². The molecule has 0 aliphatic heterocycles. The van der Waals surface area contributed by atoms with Crippen LogP contribution in [0.2, 0.25) is 5.02 Å². The molecule has 0 aliphatic rings. The number of esters is 1. The highest BCUT2D eigenvalue weighted by molar-refractivity contribution is 6.30. The highest BCUT2D eigenvalue weighted by Crippen LogP contribution is 2.18. The Morgan fingerprint density at radius 2 is 2.21 bits per heavy atom. The van der Waals surface area contributed by atoms with E-state index < -0.39 is 0 Å². The number of halogens is 1. The maximum atomic E-state index is 11.7. The average molecular weight is 284 g/mol. The molecule has 0 saturated carbocycles. The molecule has 0 radical (unpaired) electrons. The van der Waals surface area contributed by atoms with Crippen molar-refractivity contribution in [2.45, 2.75) is 45.2 Å². The van der Waals surface area contributed by atoms with Crippen molar-refractivity contribution in [3.8, 4) is 0 Å².